The fraction of sp³-hybridized carbons (Fsp3) is 0.333. The van der Waals surface area contributed by atoms with Gasteiger partial charge in [-0.3, -0.25) is 0 Å². The van der Waals surface area contributed by atoms with Crippen molar-refractivity contribution >= 4 is 0 Å². The van der Waals surface area contributed by atoms with Gasteiger partial charge in [0.1, 0.15) is 0 Å². The fourth-order valence-electron chi connectivity index (χ4n) is 1.19. The summed E-state index contributed by atoms with van der Waals surface area (Å²) in [6, 6.07) is 7.45. The minimum atomic E-state index is -0.491. The monoisotopic (exact) mass is 167 g/mol. The summed E-state index contributed by atoms with van der Waals surface area (Å²) in [5.41, 5.74) is 3.83. The first-order valence-corrected chi connectivity index (χ1v) is 3.88. The fourth-order valence-corrected chi connectivity index (χ4v) is 1.19. The molecule has 1 unspecified atom stereocenters. The number of aliphatic hydroxyl groups excluding tert-OH is 1. The van der Waals surface area contributed by atoms with Gasteiger partial charge in [-0.05, 0) is 18.1 Å². The highest BCUT2D eigenvalue weighted by Crippen LogP contribution is 2.16. The van der Waals surface area contributed by atoms with Crippen molar-refractivity contribution < 1.29 is 10.3 Å². The Morgan fingerprint density at radius 1 is 1.42 bits per heavy atom. The van der Waals surface area contributed by atoms with Crippen LogP contribution < -0.4 is 5.48 Å². The van der Waals surface area contributed by atoms with Crippen LogP contribution in [0.1, 0.15) is 24.2 Å². The smallest absolute Gasteiger partial charge is 0.0765 e. The maximum atomic E-state index is 9.32. The number of hydroxylamine groups is 1. The molecule has 1 aromatic rings. The van der Waals surface area contributed by atoms with E-state index in [-0.39, 0.29) is 0 Å². The van der Waals surface area contributed by atoms with Crippen LogP contribution in [0.4, 0.5) is 0 Å². The normalized spacial score (nSPS) is 12.9. The highest BCUT2D eigenvalue weighted by molar-refractivity contribution is 5.28. The average Bonchev–Trinajstić information content (AvgIpc) is 2.05. The number of rotatable bonds is 3. The molecule has 0 aromatic heterocycles. The SMILES string of the molecule is CC(O)c1ccccc1CNO. The molecule has 1 rings (SSSR count). The van der Waals surface area contributed by atoms with E-state index in [1.165, 1.54) is 0 Å². The maximum Gasteiger partial charge on any atom is 0.0765 e. The lowest BCUT2D eigenvalue weighted by Gasteiger charge is -2.10. The molecular weight excluding hydrogens is 154 g/mol. The van der Waals surface area contributed by atoms with Crippen LogP contribution in [0.5, 0.6) is 0 Å². The van der Waals surface area contributed by atoms with Crippen LogP contribution in [0.3, 0.4) is 0 Å². The van der Waals surface area contributed by atoms with Crippen molar-refractivity contribution in [3.05, 3.63) is 35.4 Å². The molecule has 3 N–H and O–H groups in total. The van der Waals surface area contributed by atoms with Crippen molar-refractivity contribution in [3.63, 3.8) is 0 Å². The van der Waals surface area contributed by atoms with Gasteiger partial charge in [-0.15, -0.1) is 0 Å². The predicted molar refractivity (Wildman–Crippen MR) is 45.7 cm³/mol. The average molecular weight is 167 g/mol. The number of hydrogen-bond donors (Lipinski definition) is 3. The molecule has 0 radical (unpaired) electrons. The van der Waals surface area contributed by atoms with Gasteiger partial charge in [0.05, 0.1) is 6.10 Å². The lowest BCUT2D eigenvalue weighted by molar-refractivity contribution is 0.158. The predicted octanol–water partition coefficient (Wildman–Crippen LogP) is 1.22. The molecule has 0 aliphatic rings. The summed E-state index contributed by atoms with van der Waals surface area (Å²) in [5, 5.41) is 17.8. The second-order valence-electron chi connectivity index (χ2n) is 2.71. The van der Waals surface area contributed by atoms with Gasteiger partial charge in [0.25, 0.3) is 0 Å². The molecule has 1 atom stereocenters. The molecule has 0 bridgehead atoms. The lowest BCUT2D eigenvalue weighted by atomic mass is 10.0. The number of hydrogen-bond acceptors (Lipinski definition) is 3. The molecule has 66 valence electrons. The first-order chi connectivity index (χ1) is 5.75. The van der Waals surface area contributed by atoms with E-state index in [9.17, 15) is 5.11 Å². The van der Waals surface area contributed by atoms with Gasteiger partial charge >= 0.3 is 0 Å². The molecule has 3 heteroatoms. The van der Waals surface area contributed by atoms with Crippen molar-refractivity contribution in [1.29, 1.82) is 0 Å². The van der Waals surface area contributed by atoms with Crippen LogP contribution in [0.2, 0.25) is 0 Å². The highest BCUT2D eigenvalue weighted by atomic mass is 16.5. The zero-order valence-electron chi connectivity index (χ0n) is 6.99. The van der Waals surface area contributed by atoms with Gasteiger partial charge in [0, 0.05) is 6.54 Å². The summed E-state index contributed by atoms with van der Waals surface area (Å²) in [6.45, 7) is 2.07. The molecule has 0 aliphatic carbocycles. The number of nitrogens with one attached hydrogen (secondary N) is 1. The van der Waals surface area contributed by atoms with Gasteiger partial charge in [-0.25, -0.2) is 5.48 Å². The molecule has 0 fully saturated rings. The third-order valence-electron chi connectivity index (χ3n) is 1.77. The molecule has 0 saturated carbocycles. The maximum absolute atomic E-state index is 9.32. The van der Waals surface area contributed by atoms with E-state index >= 15 is 0 Å². The first-order valence-electron chi connectivity index (χ1n) is 3.88. The third kappa shape index (κ3) is 2.04. The van der Waals surface area contributed by atoms with Crippen molar-refractivity contribution in [1.82, 2.24) is 5.48 Å². The molecular formula is C9H13NO2. The zero-order chi connectivity index (χ0) is 8.97. The molecule has 0 saturated heterocycles. The molecule has 0 aliphatic heterocycles. The largest absolute Gasteiger partial charge is 0.389 e. The molecule has 0 spiro atoms. The summed E-state index contributed by atoms with van der Waals surface area (Å²) in [6.07, 6.45) is -0.491. The Bertz CT molecular complexity index is 248. The van der Waals surface area contributed by atoms with Gasteiger partial charge in [0.2, 0.25) is 0 Å². The Balaban J connectivity index is 2.92. The van der Waals surface area contributed by atoms with Crippen LogP contribution in [0, 0.1) is 0 Å². The minimum Gasteiger partial charge on any atom is -0.389 e. The summed E-state index contributed by atoms with van der Waals surface area (Å²) < 4.78 is 0. The van der Waals surface area contributed by atoms with Gasteiger partial charge in [-0.1, -0.05) is 24.3 Å². The summed E-state index contributed by atoms with van der Waals surface area (Å²) in [4.78, 5) is 0. The molecule has 0 amide bonds. The van der Waals surface area contributed by atoms with Crippen LogP contribution >= 0.6 is 0 Å². The second-order valence-corrected chi connectivity index (χ2v) is 2.71. The van der Waals surface area contributed by atoms with Gasteiger partial charge < -0.3 is 10.3 Å². The van der Waals surface area contributed by atoms with E-state index < -0.39 is 6.10 Å². The number of benzene rings is 1. The minimum absolute atomic E-state index is 0.362. The Kier molecular flexibility index (Phi) is 3.22. The standard InChI is InChI=1S/C9H13NO2/c1-7(11)9-5-3-2-4-8(9)6-10-12/h2-5,7,10-12H,6H2,1H3. The highest BCUT2D eigenvalue weighted by Gasteiger charge is 2.05. The van der Waals surface area contributed by atoms with Crippen LogP contribution in [0.15, 0.2) is 24.3 Å². The molecule has 3 nitrogen and oxygen atoms in total. The zero-order valence-corrected chi connectivity index (χ0v) is 6.99. The third-order valence-corrected chi connectivity index (χ3v) is 1.77. The summed E-state index contributed by atoms with van der Waals surface area (Å²) in [5.74, 6) is 0. The molecule has 0 heterocycles. The van der Waals surface area contributed by atoms with Crippen LogP contribution in [-0.4, -0.2) is 10.3 Å². The van der Waals surface area contributed by atoms with E-state index in [1.54, 1.807) is 6.92 Å². The van der Waals surface area contributed by atoms with E-state index in [0.29, 0.717) is 6.54 Å². The second kappa shape index (κ2) is 4.21. The van der Waals surface area contributed by atoms with E-state index in [2.05, 4.69) is 5.48 Å². The van der Waals surface area contributed by atoms with E-state index in [1.807, 2.05) is 24.3 Å². The summed E-state index contributed by atoms with van der Waals surface area (Å²) >= 11 is 0. The Labute approximate surface area is 71.6 Å². The Hall–Kier alpha value is -0.900. The summed E-state index contributed by atoms with van der Waals surface area (Å²) in [7, 11) is 0. The van der Waals surface area contributed by atoms with Crippen molar-refractivity contribution in [3.8, 4) is 0 Å². The van der Waals surface area contributed by atoms with Crippen LogP contribution in [0.25, 0.3) is 0 Å². The van der Waals surface area contributed by atoms with Crippen molar-refractivity contribution in [2.75, 3.05) is 0 Å². The van der Waals surface area contributed by atoms with Crippen molar-refractivity contribution in [2.24, 2.45) is 0 Å². The molecule has 1 aromatic carbocycles. The van der Waals surface area contributed by atoms with E-state index in [4.69, 9.17) is 5.21 Å². The number of aliphatic hydroxyl groups is 1. The quantitative estimate of drug-likeness (QED) is 0.593. The van der Waals surface area contributed by atoms with Crippen LogP contribution in [-0.2, 0) is 6.54 Å². The Morgan fingerprint density at radius 3 is 2.67 bits per heavy atom. The van der Waals surface area contributed by atoms with E-state index in [0.717, 1.165) is 11.1 Å². The lowest BCUT2D eigenvalue weighted by Crippen LogP contribution is -2.09. The van der Waals surface area contributed by atoms with Gasteiger partial charge in [-0.2, -0.15) is 0 Å². The first kappa shape index (κ1) is 9.19. The van der Waals surface area contributed by atoms with Gasteiger partial charge in [0.15, 0.2) is 0 Å². The van der Waals surface area contributed by atoms with Crippen molar-refractivity contribution in [2.45, 2.75) is 19.6 Å². The Morgan fingerprint density at radius 2 is 2.08 bits per heavy atom. The topological polar surface area (TPSA) is 52.5 Å². The molecule has 12 heavy (non-hydrogen) atoms.